The van der Waals surface area contributed by atoms with E-state index < -0.39 is 17.8 Å². The number of fused-ring (bicyclic) bond motifs is 4. The van der Waals surface area contributed by atoms with Crippen LogP contribution in [-0.2, 0) is 33.2 Å². The van der Waals surface area contributed by atoms with Crippen molar-refractivity contribution in [1.82, 2.24) is 4.90 Å². The van der Waals surface area contributed by atoms with E-state index in [4.69, 9.17) is 28.4 Å². The molecule has 5 saturated carbocycles. The van der Waals surface area contributed by atoms with E-state index in [-0.39, 0.29) is 52.5 Å². The Bertz CT molecular complexity index is 1320. The van der Waals surface area contributed by atoms with Gasteiger partial charge in [-0.2, -0.15) is 0 Å². The molecule has 2 spiro atoms. The Morgan fingerprint density at radius 1 is 1.00 bits per heavy atom. The number of rotatable bonds is 4. The van der Waals surface area contributed by atoms with Crippen LogP contribution in [-0.4, -0.2) is 91.7 Å². The zero-order valence-corrected chi connectivity index (χ0v) is 30.3. The topological polar surface area (TPSA) is 95.9 Å². The zero-order valence-electron chi connectivity index (χ0n) is 30.3. The Hall–Kier alpha value is -0.810. The molecule has 4 saturated heterocycles. The minimum atomic E-state index is -0.817. The lowest BCUT2D eigenvalue weighted by molar-refractivity contribution is -0.252. The lowest BCUT2D eigenvalue weighted by Crippen LogP contribution is -2.60. The molecule has 0 bridgehead atoms. The molecule has 9 nitrogen and oxygen atoms in total. The standard InChI is InChI=1S/C39H58NO8/c1-22-16-24(33-35(4,5)48-28(41)20-45-33)46-31-30(22)36(6)12-13-39-21-38(39)11-10-27(47-29-17-40(14-15-44-29)23-18-43-19-23)34(2,3)25(38)8-9-26(39)37(36,7)32(31)42/h22-23,25,27,29-30,32-33,42H,8-21H2,1-7H3/t22-,25+,27+,29+,30+,32+,33+,36-,37-,38-,39+/m1/s1. The average molecular weight is 669 g/mol. The first-order valence-corrected chi connectivity index (χ1v) is 19.1. The third-order valence-corrected chi connectivity index (χ3v) is 16.2. The number of aliphatic hydroxyl groups excluding tert-OH is 1. The van der Waals surface area contributed by atoms with Crippen LogP contribution in [0.25, 0.3) is 0 Å². The van der Waals surface area contributed by atoms with Crippen LogP contribution in [0.5, 0.6) is 0 Å². The molecule has 0 aromatic carbocycles. The molecule has 267 valence electrons. The third kappa shape index (κ3) is 4.19. The van der Waals surface area contributed by atoms with Gasteiger partial charge in [-0.05, 0) is 105 Å². The molecule has 9 rings (SSSR count). The summed E-state index contributed by atoms with van der Waals surface area (Å²) in [5, 5.41) is 12.6. The van der Waals surface area contributed by atoms with Gasteiger partial charge in [-0.3, -0.25) is 4.90 Å². The fraction of sp³-hybridized carbons (Fsp3) is 0.897. The number of carbonyl (C=O) groups is 1. The molecule has 0 aromatic rings. The lowest BCUT2D eigenvalue weighted by atomic mass is 9.41. The van der Waals surface area contributed by atoms with E-state index in [0.717, 1.165) is 77.2 Å². The molecule has 4 aliphatic heterocycles. The second kappa shape index (κ2) is 10.6. The number of hydrogen-bond donors (Lipinski definition) is 1. The van der Waals surface area contributed by atoms with Gasteiger partial charge in [-0.15, -0.1) is 0 Å². The molecule has 0 amide bonds. The van der Waals surface area contributed by atoms with Gasteiger partial charge in [-0.1, -0.05) is 34.6 Å². The van der Waals surface area contributed by atoms with Crippen molar-refractivity contribution < 1.29 is 38.3 Å². The number of cyclic esters (lactones) is 1. The maximum Gasteiger partial charge on any atom is 0.332 e. The van der Waals surface area contributed by atoms with Gasteiger partial charge in [-0.25, -0.2) is 4.79 Å². The number of hydrogen-bond acceptors (Lipinski definition) is 9. The van der Waals surface area contributed by atoms with Crippen LogP contribution < -0.4 is 0 Å². The molecule has 4 heterocycles. The van der Waals surface area contributed by atoms with Crippen LogP contribution in [0.2, 0.25) is 0 Å². The minimum Gasteiger partial charge on any atom is -0.455 e. The SMILES string of the molecule is C[C@@H]1C[C]([C@@H]2OCC(=O)OC2(C)C)O[C]2[C@H]1[C@@]1(C)CC[C@@]34C[C@@]35CC[C@H](O[C@H]3CN(C6COC6)CCO3)C(C)(C)[C@@H]5CC[C]4[C@]1(C)[C@H]2O. The van der Waals surface area contributed by atoms with Crippen molar-refractivity contribution in [3.8, 4) is 0 Å². The Labute approximate surface area is 287 Å². The van der Waals surface area contributed by atoms with E-state index in [1.54, 1.807) is 5.92 Å². The summed E-state index contributed by atoms with van der Waals surface area (Å²) in [4.78, 5) is 14.6. The lowest BCUT2D eigenvalue weighted by Gasteiger charge is -2.63. The first-order valence-electron chi connectivity index (χ1n) is 19.1. The second-order valence-electron chi connectivity index (χ2n) is 18.9. The monoisotopic (exact) mass is 668 g/mol. The summed E-state index contributed by atoms with van der Waals surface area (Å²) in [6, 6.07) is 0.512. The maximum absolute atomic E-state index is 12.6. The molecule has 11 atom stereocenters. The van der Waals surface area contributed by atoms with Gasteiger partial charge in [0, 0.05) is 17.9 Å². The van der Waals surface area contributed by atoms with Gasteiger partial charge in [0.1, 0.15) is 30.5 Å². The first kappa shape index (κ1) is 33.1. The van der Waals surface area contributed by atoms with Crippen molar-refractivity contribution >= 4 is 5.97 Å². The average Bonchev–Trinajstić information content (AvgIpc) is 3.62. The van der Waals surface area contributed by atoms with Crippen LogP contribution in [0.3, 0.4) is 0 Å². The van der Waals surface area contributed by atoms with E-state index in [1.807, 2.05) is 13.8 Å². The Balaban J connectivity index is 0.950. The summed E-state index contributed by atoms with van der Waals surface area (Å²) >= 11 is 0. The van der Waals surface area contributed by atoms with Gasteiger partial charge in [0.25, 0.3) is 0 Å². The molecular formula is C39H58NO8. The number of carbonyl (C=O) groups excluding carboxylic acids is 1. The van der Waals surface area contributed by atoms with Crippen molar-refractivity contribution in [2.45, 2.75) is 136 Å². The zero-order chi connectivity index (χ0) is 33.6. The highest BCUT2D eigenvalue weighted by molar-refractivity contribution is 5.72. The predicted octanol–water partition coefficient (Wildman–Crippen LogP) is 5.25. The molecule has 9 fully saturated rings. The van der Waals surface area contributed by atoms with Gasteiger partial charge < -0.3 is 33.5 Å². The molecule has 1 N–H and O–H groups in total. The smallest absolute Gasteiger partial charge is 0.332 e. The molecule has 9 aliphatic rings. The summed E-state index contributed by atoms with van der Waals surface area (Å²) in [6.45, 7) is 20.0. The molecule has 5 aliphatic carbocycles. The number of esters is 1. The van der Waals surface area contributed by atoms with Crippen molar-refractivity contribution in [2.75, 3.05) is 39.5 Å². The fourth-order valence-electron chi connectivity index (χ4n) is 13.7. The summed E-state index contributed by atoms with van der Waals surface area (Å²) in [5.41, 5.74) is -0.700. The molecule has 48 heavy (non-hydrogen) atoms. The van der Waals surface area contributed by atoms with Crippen molar-refractivity contribution in [3.63, 3.8) is 0 Å². The van der Waals surface area contributed by atoms with E-state index in [1.165, 1.54) is 19.3 Å². The van der Waals surface area contributed by atoms with Crippen LogP contribution in [0, 0.1) is 63.0 Å². The first-order chi connectivity index (χ1) is 22.7. The van der Waals surface area contributed by atoms with Crippen molar-refractivity contribution in [2.24, 2.45) is 44.8 Å². The second-order valence-corrected chi connectivity index (χ2v) is 18.9. The normalized spacial score (nSPS) is 52.2. The van der Waals surface area contributed by atoms with Crippen LogP contribution in [0.1, 0.15) is 99.8 Å². The molecule has 3 radical (unpaired) electrons. The van der Waals surface area contributed by atoms with Crippen molar-refractivity contribution in [1.29, 1.82) is 0 Å². The van der Waals surface area contributed by atoms with Crippen molar-refractivity contribution in [3.05, 3.63) is 18.1 Å². The summed E-state index contributed by atoms with van der Waals surface area (Å²) < 4.78 is 37.2. The minimum absolute atomic E-state index is 0.0505. The summed E-state index contributed by atoms with van der Waals surface area (Å²) in [7, 11) is 0. The quantitative estimate of drug-likeness (QED) is 0.404. The van der Waals surface area contributed by atoms with Crippen LogP contribution in [0.15, 0.2) is 0 Å². The predicted molar refractivity (Wildman–Crippen MR) is 175 cm³/mol. The summed E-state index contributed by atoms with van der Waals surface area (Å²) in [6.07, 6.45) is 9.35. The molecule has 0 unspecified atom stereocenters. The van der Waals surface area contributed by atoms with E-state index in [0.29, 0.717) is 23.3 Å². The van der Waals surface area contributed by atoms with Crippen LogP contribution >= 0.6 is 0 Å². The number of morpholine rings is 1. The molecule has 0 aromatic heterocycles. The number of ether oxygens (including phenoxy) is 6. The highest BCUT2D eigenvalue weighted by atomic mass is 16.7. The number of aliphatic hydroxyl groups is 1. The van der Waals surface area contributed by atoms with E-state index in [9.17, 15) is 9.90 Å². The Morgan fingerprint density at radius 2 is 1.79 bits per heavy atom. The van der Waals surface area contributed by atoms with E-state index >= 15 is 0 Å². The van der Waals surface area contributed by atoms with Gasteiger partial charge in [0.15, 0.2) is 6.29 Å². The summed E-state index contributed by atoms with van der Waals surface area (Å²) in [5.74, 6) is 2.36. The Morgan fingerprint density at radius 3 is 2.52 bits per heavy atom. The Kier molecular flexibility index (Phi) is 7.32. The van der Waals surface area contributed by atoms with Crippen LogP contribution in [0.4, 0.5) is 0 Å². The fourth-order valence-corrected chi connectivity index (χ4v) is 13.7. The maximum atomic E-state index is 12.6. The van der Waals surface area contributed by atoms with E-state index in [2.05, 4.69) is 39.5 Å². The highest BCUT2D eigenvalue weighted by Crippen LogP contribution is 2.90. The highest BCUT2D eigenvalue weighted by Gasteiger charge is 2.85. The molecular weight excluding hydrogens is 610 g/mol. The number of nitrogens with zero attached hydrogens (tertiary/aromatic N) is 1. The largest absolute Gasteiger partial charge is 0.455 e. The third-order valence-electron chi connectivity index (χ3n) is 16.2. The van der Waals surface area contributed by atoms with Gasteiger partial charge in [0.05, 0.1) is 44.6 Å². The molecule has 9 heteroatoms. The van der Waals surface area contributed by atoms with Gasteiger partial charge >= 0.3 is 5.97 Å². The van der Waals surface area contributed by atoms with Gasteiger partial charge in [0.2, 0.25) is 0 Å².